The molecular formula is C28H31Cl2N3O4S. The first kappa shape index (κ1) is 29.5. The molecule has 0 saturated heterocycles. The molecule has 10 heteroatoms. The number of nitrogens with zero attached hydrogens (tertiary/aromatic N) is 2. The number of amides is 2. The van der Waals surface area contributed by atoms with Crippen LogP contribution in [0.4, 0.5) is 5.69 Å². The fourth-order valence-corrected chi connectivity index (χ4v) is 5.81. The Hall–Kier alpha value is -3.07. The number of carbonyl (C=O) groups is 2. The summed E-state index contributed by atoms with van der Waals surface area (Å²) in [7, 11) is -4.17. The lowest BCUT2D eigenvalue weighted by atomic mass is 10.1. The number of anilines is 1. The van der Waals surface area contributed by atoms with Gasteiger partial charge in [-0.05, 0) is 75.2 Å². The molecule has 38 heavy (non-hydrogen) atoms. The van der Waals surface area contributed by atoms with Crippen molar-refractivity contribution in [1.82, 2.24) is 10.2 Å². The molecule has 2 amide bonds. The van der Waals surface area contributed by atoms with E-state index >= 15 is 0 Å². The Bertz CT molecular complexity index is 1410. The van der Waals surface area contributed by atoms with Gasteiger partial charge in [0.05, 0.1) is 10.6 Å². The Morgan fingerprint density at radius 2 is 1.63 bits per heavy atom. The molecule has 1 N–H and O–H groups in total. The molecule has 0 spiro atoms. The van der Waals surface area contributed by atoms with E-state index in [0.29, 0.717) is 27.7 Å². The van der Waals surface area contributed by atoms with Crippen molar-refractivity contribution in [3.63, 3.8) is 0 Å². The largest absolute Gasteiger partial charge is 0.355 e. The van der Waals surface area contributed by atoms with Gasteiger partial charge in [0.2, 0.25) is 11.8 Å². The quantitative estimate of drug-likeness (QED) is 0.352. The highest BCUT2D eigenvalue weighted by atomic mass is 35.5. The van der Waals surface area contributed by atoms with Crippen LogP contribution in [0.3, 0.4) is 0 Å². The van der Waals surface area contributed by atoms with E-state index in [1.807, 2.05) is 6.92 Å². The molecule has 3 aromatic carbocycles. The second kappa shape index (κ2) is 12.7. The van der Waals surface area contributed by atoms with Gasteiger partial charge in [0.15, 0.2) is 0 Å². The molecule has 202 valence electrons. The second-order valence-electron chi connectivity index (χ2n) is 8.93. The number of carbonyl (C=O) groups excluding carboxylic acids is 2. The number of sulfonamides is 1. The van der Waals surface area contributed by atoms with Crippen molar-refractivity contribution in [2.45, 2.75) is 45.2 Å². The van der Waals surface area contributed by atoms with Gasteiger partial charge in [0, 0.05) is 23.1 Å². The van der Waals surface area contributed by atoms with Gasteiger partial charge in [-0.1, -0.05) is 59.1 Å². The summed E-state index contributed by atoms with van der Waals surface area (Å²) in [6, 6.07) is 17.4. The smallest absolute Gasteiger partial charge is 0.264 e. The van der Waals surface area contributed by atoms with E-state index in [-0.39, 0.29) is 23.0 Å². The molecule has 1 atom stereocenters. The van der Waals surface area contributed by atoms with Gasteiger partial charge in [-0.3, -0.25) is 13.9 Å². The third kappa shape index (κ3) is 6.87. The lowest BCUT2D eigenvalue weighted by molar-refractivity contribution is -0.139. The van der Waals surface area contributed by atoms with Crippen LogP contribution in [0.2, 0.25) is 10.0 Å². The van der Waals surface area contributed by atoms with Crippen LogP contribution in [0.25, 0.3) is 0 Å². The van der Waals surface area contributed by atoms with E-state index in [1.54, 1.807) is 75.4 Å². The molecular weight excluding hydrogens is 545 g/mol. The predicted octanol–water partition coefficient (Wildman–Crippen LogP) is 5.36. The fourth-order valence-electron chi connectivity index (χ4n) is 3.95. The van der Waals surface area contributed by atoms with Crippen LogP contribution < -0.4 is 9.62 Å². The maximum absolute atomic E-state index is 13.9. The van der Waals surface area contributed by atoms with Crippen LogP contribution in [-0.4, -0.2) is 44.3 Å². The maximum atomic E-state index is 13.9. The lowest BCUT2D eigenvalue weighted by Crippen LogP contribution is -2.51. The molecule has 0 aliphatic heterocycles. The van der Waals surface area contributed by atoms with Crippen molar-refractivity contribution in [2.24, 2.45) is 0 Å². The minimum Gasteiger partial charge on any atom is -0.355 e. The second-order valence-corrected chi connectivity index (χ2v) is 11.6. The van der Waals surface area contributed by atoms with Crippen LogP contribution in [0.5, 0.6) is 0 Å². The Morgan fingerprint density at radius 3 is 2.26 bits per heavy atom. The molecule has 0 aliphatic rings. The highest BCUT2D eigenvalue weighted by Gasteiger charge is 2.33. The monoisotopic (exact) mass is 575 g/mol. The fraction of sp³-hybridized carbons (Fsp3) is 0.286. The number of hydrogen-bond donors (Lipinski definition) is 1. The van der Waals surface area contributed by atoms with Crippen LogP contribution in [0, 0.1) is 13.8 Å². The SMILES string of the molecule is CCNC(=O)C(C)N(Cc1cccc(Cl)c1)C(=O)CN(c1cccc(Cl)c1C)S(=O)(=O)c1ccc(C)cc1. The molecule has 0 saturated carbocycles. The van der Waals surface area contributed by atoms with Crippen LogP contribution in [0.15, 0.2) is 71.6 Å². The number of rotatable bonds is 10. The molecule has 3 aromatic rings. The zero-order chi connectivity index (χ0) is 28.0. The highest BCUT2D eigenvalue weighted by Crippen LogP contribution is 2.31. The first-order valence-electron chi connectivity index (χ1n) is 12.1. The zero-order valence-corrected chi connectivity index (χ0v) is 24.1. The summed E-state index contributed by atoms with van der Waals surface area (Å²) < 4.78 is 28.8. The molecule has 0 aliphatic carbocycles. The minimum absolute atomic E-state index is 0.0356. The van der Waals surface area contributed by atoms with Crippen molar-refractivity contribution >= 4 is 50.7 Å². The summed E-state index contributed by atoms with van der Waals surface area (Å²) in [6.45, 7) is 6.85. The summed E-state index contributed by atoms with van der Waals surface area (Å²) in [5.41, 5.74) is 2.39. The van der Waals surface area contributed by atoms with Crippen molar-refractivity contribution in [2.75, 3.05) is 17.4 Å². The number of aryl methyl sites for hydroxylation is 1. The van der Waals surface area contributed by atoms with Gasteiger partial charge in [0.25, 0.3) is 10.0 Å². The van der Waals surface area contributed by atoms with Gasteiger partial charge in [0.1, 0.15) is 12.6 Å². The Morgan fingerprint density at radius 1 is 0.974 bits per heavy atom. The highest BCUT2D eigenvalue weighted by molar-refractivity contribution is 7.92. The molecule has 0 fully saturated rings. The predicted molar refractivity (Wildman–Crippen MR) is 152 cm³/mol. The van der Waals surface area contributed by atoms with Crippen molar-refractivity contribution in [3.8, 4) is 0 Å². The van der Waals surface area contributed by atoms with E-state index < -0.39 is 28.5 Å². The van der Waals surface area contributed by atoms with Gasteiger partial charge in [-0.15, -0.1) is 0 Å². The Balaban J connectivity index is 2.08. The van der Waals surface area contributed by atoms with Crippen molar-refractivity contribution in [1.29, 1.82) is 0 Å². The molecule has 3 rings (SSSR count). The molecule has 0 radical (unpaired) electrons. The molecule has 0 bridgehead atoms. The maximum Gasteiger partial charge on any atom is 0.264 e. The van der Waals surface area contributed by atoms with Gasteiger partial charge < -0.3 is 10.2 Å². The van der Waals surface area contributed by atoms with Crippen LogP contribution in [-0.2, 0) is 26.2 Å². The van der Waals surface area contributed by atoms with Gasteiger partial charge in [-0.25, -0.2) is 8.42 Å². The van der Waals surface area contributed by atoms with Crippen LogP contribution in [0.1, 0.15) is 30.5 Å². The summed E-state index contributed by atoms with van der Waals surface area (Å²) in [5, 5.41) is 3.58. The Labute approximate surface area is 234 Å². The topological polar surface area (TPSA) is 86.8 Å². The average Bonchev–Trinajstić information content (AvgIpc) is 2.87. The summed E-state index contributed by atoms with van der Waals surface area (Å²) >= 11 is 12.5. The van der Waals surface area contributed by atoms with Gasteiger partial charge >= 0.3 is 0 Å². The normalized spacial score (nSPS) is 12.1. The van der Waals surface area contributed by atoms with E-state index in [2.05, 4.69) is 5.32 Å². The van der Waals surface area contributed by atoms with Crippen molar-refractivity contribution in [3.05, 3.63) is 93.5 Å². The number of halogens is 2. The Kier molecular flexibility index (Phi) is 9.82. The number of nitrogens with one attached hydrogen (secondary N) is 1. The number of benzene rings is 3. The van der Waals surface area contributed by atoms with E-state index in [1.165, 1.54) is 17.0 Å². The molecule has 0 heterocycles. The standard InChI is InChI=1S/C28H31Cl2N3O4S/c1-5-31-28(35)21(4)32(17-22-8-6-9-23(29)16-22)27(34)18-33(26-11-7-10-25(30)20(26)3)38(36,37)24-14-12-19(2)13-15-24/h6-16,21H,5,17-18H2,1-4H3,(H,31,35). The van der Waals surface area contributed by atoms with Gasteiger partial charge in [-0.2, -0.15) is 0 Å². The van der Waals surface area contributed by atoms with E-state index in [4.69, 9.17) is 23.2 Å². The first-order valence-corrected chi connectivity index (χ1v) is 14.3. The third-order valence-corrected chi connectivity index (χ3v) is 8.57. The lowest BCUT2D eigenvalue weighted by Gasteiger charge is -2.32. The summed E-state index contributed by atoms with van der Waals surface area (Å²) in [5.74, 6) is -0.909. The van der Waals surface area contributed by atoms with E-state index in [0.717, 1.165) is 9.87 Å². The summed E-state index contributed by atoms with van der Waals surface area (Å²) in [6.07, 6.45) is 0. The molecule has 0 aromatic heterocycles. The minimum atomic E-state index is -4.17. The zero-order valence-electron chi connectivity index (χ0n) is 21.7. The molecule has 7 nitrogen and oxygen atoms in total. The van der Waals surface area contributed by atoms with E-state index in [9.17, 15) is 18.0 Å². The average molecular weight is 577 g/mol. The first-order chi connectivity index (χ1) is 17.9. The third-order valence-electron chi connectivity index (χ3n) is 6.16. The number of likely N-dealkylation sites (N-methyl/N-ethyl adjacent to an activating group) is 1. The van der Waals surface area contributed by atoms with Crippen molar-refractivity contribution < 1.29 is 18.0 Å². The summed E-state index contributed by atoms with van der Waals surface area (Å²) in [4.78, 5) is 28.0. The number of hydrogen-bond acceptors (Lipinski definition) is 4. The molecule has 1 unspecified atom stereocenters. The van der Waals surface area contributed by atoms with Crippen LogP contribution >= 0.6 is 23.2 Å².